The summed E-state index contributed by atoms with van der Waals surface area (Å²) >= 11 is 13.7. The molecule has 0 bridgehead atoms. The molecule has 1 aromatic carbocycles. The van der Waals surface area contributed by atoms with E-state index >= 15 is 0 Å². The summed E-state index contributed by atoms with van der Waals surface area (Å²) in [6, 6.07) is 11.6. The van der Waals surface area contributed by atoms with Gasteiger partial charge >= 0.3 is 0 Å². The molecule has 1 N–H and O–H groups in total. The Bertz CT molecular complexity index is 739. The molecule has 0 saturated heterocycles. The zero-order chi connectivity index (χ0) is 14.8. The zero-order valence-corrected chi connectivity index (χ0v) is 13.5. The number of benzene rings is 1. The third-order valence-corrected chi connectivity index (χ3v) is 4.67. The van der Waals surface area contributed by atoms with Gasteiger partial charge in [-0.05, 0) is 25.2 Å². The van der Waals surface area contributed by atoms with Crippen molar-refractivity contribution in [2.75, 3.05) is 7.05 Å². The van der Waals surface area contributed by atoms with E-state index in [1.54, 1.807) is 10.9 Å². The molecular weight excluding hydrogens is 327 g/mol. The molecule has 2 heterocycles. The number of rotatable bonds is 4. The molecule has 0 radical (unpaired) electrons. The van der Waals surface area contributed by atoms with E-state index in [2.05, 4.69) is 15.6 Å². The summed E-state index contributed by atoms with van der Waals surface area (Å²) < 4.78 is 3.12. The highest BCUT2D eigenvalue weighted by Crippen LogP contribution is 2.37. The molecule has 2 aromatic heterocycles. The van der Waals surface area contributed by atoms with Gasteiger partial charge in [0.1, 0.15) is 0 Å². The average molecular weight is 339 g/mol. The third-order valence-electron chi connectivity index (χ3n) is 3.15. The molecule has 1 unspecified atom stereocenters. The molecule has 3 rings (SSSR count). The predicted molar refractivity (Wildman–Crippen MR) is 86.6 cm³/mol. The highest BCUT2D eigenvalue weighted by atomic mass is 35.5. The van der Waals surface area contributed by atoms with Crippen molar-refractivity contribution < 1.29 is 0 Å². The quantitative estimate of drug-likeness (QED) is 0.783. The first kappa shape index (κ1) is 14.5. The highest BCUT2D eigenvalue weighted by Gasteiger charge is 2.22. The van der Waals surface area contributed by atoms with Crippen molar-refractivity contribution in [3.63, 3.8) is 0 Å². The van der Waals surface area contributed by atoms with Gasteiger partial charge < -0.3 is 5.32 Å². The molecule has 0 spiro atoms. The fraction of sp³-hybridized carbons (Fsp3) is 0.143. The Labute approximate surface area is 136 Å². The maximum absolute atomic E-state index is 6.28. The Morgan fingerprint density at radius 2 is 2.00 bits per heavy atom. The van der Waals surface area contributed by atoms with Crippen LogP contribution < -0.4 is 5.32 Å². The minimum absolute atomic E-state index is 0.128. The van der Waals surface area contributed by atoms with E-state index in [1.165, 1.54) is 11.3 Å². The topological polar surface area (TPSA) is 42.7 Å². The van der Waals surface area contributed by atoms with Gasteiger partial charge in [0.05, 0.1) is 32.3 Å². The maximum Gasteiger partial charge on any atom is 0.0996 e. The van der Waals surface area contributed by atoms with Gasteiger partial charge in [-0.25, -0.2) is 4.68 Å². The lowest BCUT2D eigenvalue weighted by atomic mass is 10.1. The summed E-state index contributed by atoms with van der Waals surface area (Å²) in [6.07, 6.45) is 1.73. The predicted octanol–water partition coefficient (Wildman–Crippen LogP) is 3.94. The number of halogens is 2. The number of nitrogens with zero attached hydrogens (tertiary/aromatic N) is 3. The monoisotopic (exact) mass is 338 g/mol. The second-order valence-corrected chi connectivity index (χ2v) is 6.69. The Morgan fingerprint density at radius 1 is 1.24 bits per heavy atom. The van der Waals surface area contributed by atoms with E-state index in [0.29, 0.717) is 8.67 Å². The van der Waals surface area contributed by atoms with Crippen LogP contribution in [0.1, 0.15) is 17.3 Å². The minimum atomic E-state index is -0.128. The van der Waals surface area contributed by atoms with Crippen molar-refractivity contribution in [2.45, 2.75) is 6.04 Å². The van der Waals surface area contributed by atoms with Crippen LogP contribution >= 0.6 is 34.5 Å². The van der Waals surface area contributed by atoms with Crippen molar-refractivity contribution >= 4 is 34.5 Å². The van der Waals surface area contributed by atoms with Crippen LogP contribution in [0.2, 0.25) is 8.67 Å². The lowest BCUT2D eigenvalue weighted by molar-refractivity contribution is 0.635. The van der Waals surface area contributed by atoms with E-state index in [1.807, 2.05) is 43.4 Å². The molecule has 1 atom stereocenters. The second kappa shape index (κ2) is 6.15. The molecule has 21 heavy (non-hydrogen) atoms. The van der Waals surface area contributed by atoms with Crippen LogP contribution in [-0.4, -0.2) is 22.0 Å². The summed E-state index contributed by atoms with van der Waals surface area (Å²) in [5.41, 5.74) is 2.77. The van der Waals surface area contributed by atoms with Gasteiger partial charge in [0, 0.05) is 5.56 Å². The summed E-state index contributed by atoms with van der Waals surface area (Å²) in [5.74, 6) is 0. The van der Waals surface area contributed by atoms with Crippen molar-refractivity contribution in [1.29, 1.82) is 0 Å². The molecule has 0 fully saturated rings. The van der Waals surface area contributed by atoms with Crippen LogP contribution in [0.4, 0.5) is 0 Å². The van der Waals surface area contributed by atoms with Crippen molar-refractivity contribution in [3.8, 4) is 5.69 Å². The van der Waals surface area contributed by atoms with Gasteiger partial charge in [-0.1, -0.05) is 46.6 Å². The Kier molecular flexibility index (Phi) is 4.26. The molecule has 4 nitrogen and oxygen atoms in total. The fourth-order valence-electron chi connectivity index (χ4n) is 2.22. The maximum atomic E-state index is 6.28. The van der Waals surface area contributed by atoms with Gasteiger partial charge in [0.25, 0.3) is 0 Å². The van der Waals surface area contributed by atoms with Crippen LogP contribution in [0, 0.1) is 0 Å². The smallest absolute Gasteiger partial charge is 0.0996 e. The van der Waals surface area contributed by atoms with Gasteiger partial charge in [-0.2, -0.15) is 0 Å². The van der Waals surface area contributed by atoms with E-state index in [9.17, 15) is 0 Å². The van der Waals surface area contributed by atoms with Crippen LogP contribution in [0.5, 0.6) is 0 Å². The lowest BCUT2D eigenvalue weighted by Gasteiger charge is -2.16. The molecule has 3 aromatic rings. The van der Waals surface area contributed by atoms with Crippen molar-refractivity contribution in [2.24, 2.45) is 0 Å². The minimum Gasteiger partial charge on any atom is -0.308 e. The van der Waals surface area contributed by atoms with Crippen LogP contribution in [0.3, 0.4) is 0 Å². The SMILES string of the molecule is CNC(c1cc(Cl)sc1Cl)c1cnnn1-c1ccccc1. The van der Waals surface area contributed by atoms with Crippen LogP contribution in [0.15, 0.2) is 42.6 Å². The summed E-state index contributed by atoms with van der Waals surface area (Å²) in [5, 5.41) is 11.4. The molecule has 0 aliphatic carbocycles. The molecule has 0 aliphatic heterocycles. The fourth-order valence-corrected chi connectivity index (χ4v) is 3.75. The molecule has 0 saturated carbocycles. The van der Waals surface area contributed by atoms with E-state index in [0.717, 1.165) is 16.9 Å². The zero-order valence-electron chi connectivity index (χ0n) is 11.1. The first-order valence-electron chi connectivity index (χ1n) is 6.28. The number of hydrogen-bond acceptors (Lipinski definition) is 4. The van der Waals surface area contributed by atoms with Gasteiger partial charge in [0.15, 0.2) is 0 Å². The number of hydrogen-bond donors (Lipinski definition) is 1. The number of para-hydroxylation sites is 1. The Balaban J connectivity index is 2.07. The van der Waals surface area contributed by atoms with Crippen LogP contribution in [-0.2, 0) is 0 Å². The largest absolute Gasteiger partial charge is 0.308 e. The van der Waals surface area contributed by atoms with Gasteiger partial charge in [-0.3, -0.25) is 0 Å². The van der Waals surface area contributed by atoms with E-state index in [-0.39, 0.29) is 6.04 Å². The number of thiophene rings is 1. The number of nitrogens with one attached hydrogen (secondary N) is 1. The molecule has 7 heteroatoms. The Morgan fingerprint density at radius 3 is 2.62 bits per heavy atom. The lowest BCUT2D eigenvalue weighted by Crippen LogP contribution is -2.20. The van der Waals surface area contributed by atoms with Gasteiger partial charge in [-0.15, -0.1) is 16.4 Å². The second-order valence-electron chi connectivity index (χ2n) is 4.41. The first-order valence-corrected chi connectivity index (χ1v) is 7.86. The van der Waals surface area contributed by atoms with Crippen molar-refractivity contribution in [3.05, 3.63) is 62.5 Å². The highest BCUT2D eigenvalue weighted by molar-refractivity contribution is 7.20. The molecular formula is C14H12Cl2N4S. The summed E-state index contributed by atoms with van der Waals surface area (Å²) in [6.45, 7) is 0. The third kappa shape index (κ3) is 2.82. The first-order chi connectivity index (χ1) is 10.2. The molecule has 0 amide bonds. The Hall–Kier alpha value is -1.40. The normalized spacial score (nSPS) is 12.5. The van der Waals surface area contributed by atoms with E-state index in [4.69, 9.17) is 23.2 Å². The summed E-state index contributed by atoms with van der Waals surface area (Å²) in [7, 11) is 1.87. The average Bonchev–Trinajstić information content (AvgIpc) is 3.09. The number of aromatic nitrogens is 3. The molecule has 108 valence electrons. The standard InChI is InChI=1S/C14H12Cl2N4S/c1-17-13(10-7-12(15)21-14(10)16)11-8-18-19-20(11)9-5-3-2-4-6-9/h2-8,13,17H,1H3. The van der Waals surface area contributed by atoms with Crippen LogP contribution in [0.25, 0.3) is 5.69 Å². The van der Waals surface area contributed by atoms with Crippen molar-refractivity contribution in [1.82, 2.24) is 20.3 Å². The summed E-state index contributed by atoms with van der Waals surface area (Å²) in [4.78, 5) is 0. The van der Waals surface area contributed by atoms with E-state index < -0.39 is 0 Å². The van der Waals surface area contributed by atoms with Gasteiger partial charge in [0.2, 0.25) is 0 Å². The molecule has 0 aliphatic rings.